The number of hydrogen-bond donors (Lipinski definition) is 3. The van der Waals surface area contributed by atoms with E-state index in [4.69, 9.17) is 9.84 Å². The highest BCUT2D eigenvalue weighted by Crippen LogP contribution is 2.44. The van der Waals surface area contributed by atoms with Crippen LogP contribution in [0.3, 0.4) is 0 Å². The quantitative estimate of drug-likeness (QED) is 0.401. The maximum Gasteiger partial charge on any atom is 0.411 e. The second-order valence-corrected chi connectivity index (χ2v) is 8.21. The van der Waals surface area contributed by atoms with E-state index in [0.29, 0.717) is 10.2 Å². The number of benzene rings is 3. The highest BCUT2D eigenvalue weighted by atomic mass is 79.9. The van der Waals surface area contributed by atoms with Gasteiger partial charge in [-0.1, -0.05) is 64.5 Å². The van der Waals surface area contributed by atoms with E-state index in [1.807, 2.05) is 41.9 Å². The third kappa shape index (κ3) is 5.21. The van der Waals surface area contributed by atoms with Crippen LogP contribution in [0.2, 0.25) is 0 Å². The number of carbonyl (C=O) groups is 3. The largest absolute Gasteiger partial charge is 0.479 e. The van der Waals surface area contributed by atoms with Gasteiger partial charge in [-0.15, -0.1) is 0 Å². The Kier molecular flexibility index (Phi) is 6.71. The Hall–Kier alpha value is -3.69. The summed E-state index contributed by atoms with van der Waals surface area (Å²) in [7, 11) is 0. The molecule has 0 bridgehead atoms. The summed E-state index contributed by atoms with van der Waals surface area (Å²) in [6.45, 7) is -0.519. The molecule has 3 N–H and O–H groups in total. The van der Waals surface area contributed by atoms with Gasteiger partial charge in [-0.2, -0.15) is 0 Å². The van der Waals surface area contributed by atoms with Gasteiger partial charge in [-0.3, -0.25) is 14.9 Å². The summed E-state index contributed by atoms with van der Waals surface area (Å²) in [5.41, 5.74) is 6.99. The van der Waals surface area contributed by atoms with Crippen LogP contribution in [-0.2, 0) is 14.4 Å². The fourth-order valence-corrected chi connectivity index (χ4v) is 4.26. The van der Waals surface area contributed by atoms with Crippen LogP contribution in [0.25, 0.3) is 11.1 Å². The molecule has 1 aliphatic carbocycles. The molecular formula is C24H19BrN2O6. The Bertz CT molecular complexity index is 1180. The zero-order chi connectivity index (χ0) is 23.4. The fraction of sp³-hybridized carbons (Fsp3) is 0.125. The van der Waals surface area contributed by atoms with E-state index < -0.39 is 24.6 Å². The number of anilines is 1. The minimum absolute atomic E-state index is 0.0709. The van der Waals surface area contributed by atoms with Crippen molar-refractivity contribution in [1.29, 1.82) is 0 Å². The third-order valence-electron chi connectivity index (χ3n) is 5.11. The Morgan fingerprint density at radius 2 is 1.58 bits per heavy atom. The minimum atomic E-state index is -1.22. The van der Waals surface area contributed by atoms with Crippen LogP contribution in [0.4, 0.5) is 10.5 Å². The van der Waals surface area contributed by atoms with Gasteiger partial charge in [-0.05, 0) is 40.5 Å². The average Bonchev–Trinajstić information content (AvgIpc) is 3.11. The molecule has 2 amide bonds. The van der Waals surface area contributed by atoms with E-state index >= 15 is 0 Å². The fourth-order valence-electron chi connectivity index (χ4n) is 3.77. The van der Waals surface area contributed by atoms with Crippen molar-refractivity contribution in [2.24, 2.45) is 0 Å². The molecule has 0 aliphatic heterocycles. The molecule has 0 radical (unpaired) electrons. The van der Waals surface area contributed by atoms with Crippen LogP contribution >= 0.6 is 15.9 Å². The first kappa shape index (κ1) is 22.5. The molecule has 9 heteroatoms. The van der Waals surface area contributed by atoms with E-state index in [1.54, 1.807) is 6.07 Å². The van der Waals surface area contributed by atoms with Crippen molar-refractivity contribution in [3.63, 3.8) is 0 Å². The number of carbonyl (C=O) groups excluding carboxylic acids is 2. The zero-order valence-corrected chi connectivity index (χ0v) is 18.8. The van der Waals surface area contributed by atoms with Crippen LogP contribution in [0, 0.1) is 0 Å². The number of carboxylic acid groups (broad SMARTS) is 1. The van der Waals surface area contributed by atoms with Crippen molar-refractivity contribution < 1.29 is 29.1 Å². The standard InChI is InChI=1S/C24H19BrN2O6/c25-15-9-14(23(30)27-33-13-22(28)29)10-16(11-15)26-24(31)32-12-21-19-7-3-1-5-17(19)18-6-2-4-8-20(18)21/h1-11,21H,12-13H2,(H,26,31)(H,27,30)(H,28,29). The summed E-state index contributed by atoms with van der Waals surface area (Å²) in [6.07, 6.45) is -0.663. The Morgan fingerprint density at radius 1 is 0.939 bits per heavy atom. The lowest BCUT2D eigenvalue weighted by atomic mass is 9.98. The van der Waals surface area contributed by atoms with Crippen LogP contribution in [-0.4, -0.2) is 36.3 Å². The van der Waals surface area contributed by atoms with Crippen molar-refractivity contribution in [2.45, 2.75) is 5.92 Å². The molecule has 0 unspecified atom stereocenters. The summed E-state index contributed by atoms with van der Waals surface area (Å²) in [4.78, 5) is 39.7. The summed E-state index contributed by atoms with van der Waals surface area (Å²) in [6, 6.07) is 20.6. The molecule has 0 aromatic heterocycles. The highest BCUT2D eigenvalue weighted by molar-refractivity contribution is 9.10. The third-order valence-corrected chi connectivity index (χ3v) is 5.57. The molecule has 3 aromatic carbocycles. The number of carboxylic acids is 1. The Labute approximate surface area is 197 Å². The zero-order valence-electron chi connectivity index (χ0n) is 17.2. The van der Waals surface area contributed by atoms with Crippen molar-refractivity contribution in [1.82, 2.24) is 5.48 Å². The second-order valence-electron chi connectivity index (χ2n) is 7.29. The number of amides is 2. The second kappa shape index (κ2) is 9.85. The van der Waals surface area contributed by atoms with Gasteiger partial charge in [-0.25, -0.2) is 15.1 Å². The number of fused-ring (bicyclic) bond motifs is 3. The van der Waals surface area contributed by atoms with E-state index in [0.717, 1.165) is 22.3 Å². The van der Waals surface area contributed by atoms with Gasteiger partial charge in [0.15, 0.2) is 6.61 Å². The maximum absolute atomic E-state index is 12.5. The number of hydroxylamine groups is 1. The van der Waals surface area contributed by atoms with Crippen molar-refractivity contribution in [3.05, 3.63) is 87.9 Å². The van der Waals surface area contributed by atoms with Crippen LogP contribution in [0.5, 0.6) is 0 Å². The van der Waals surface area contributed by atoms with E-state index in [9.17, 15) is 14.4 Å². The molecule has 8 nitrogen and oxygen atoms in total. The van der Waals surface area contributed by atoms with Gasteiger partial charge < -0.3 is 9.84 Å². The van der Waals surface area contributed by atoms with E-state index in [1.165, 1.54) is 12.1 Å². The molecule has 0 saturated heterocycles. The van der Waals surface area contributed by atoms with Crippen LogP contribution < -0.4 is 10.8 Å². The molecule has 4 rings (SSSR count). The first-order valence-electron chi connectivity index (χ1n) is 9.99. The molecule has 0 fully saturated rings. The Morgan fingerprint density at radius 3 is 2.21 bits per heavy atom. The molecule has 0 spiro atoms. The highest BCUT2D eigenvalue weighted by Gasteiger charge is 2.29. The van der Waals surface area contributed by atoms with Gasteiger partial charge in [0.25, 0.3) is 5.91 Å². The lowest BCUT2D eigenvalue weighted by molar-refractivity contribution is -0.144. The van der Waals surface area contributed by atoms with Gasteiger partial charge in [0.2, 0.25) is 0 Å². The van der Waals surface area contributed by atoms with Gasteiger partial charge in [0.1, 0.15) is 6.61 Å². The number of hydrogen-bond acceptors (Lipinski definition) is 5. The first-order valence-corrected chi connectivity index (χ1v) is 10.8. The molecule has 0 saturated carbocycles. The van der Waals surface area contributed by atoms with Crippen molar-refractivity contribution >= 4 is 39.6 Å². The number of aliphatic carboxylic acids is 1. The normalized spacial score (nSPS) is 11.9. The molecule has 33 heavy (non-hydrogen) atoms. The summed E-state index contributed by atoms with van der Waals surface area (Å²) >= 11 is 3.28. The smallest absolute Gasteiger partial charge is 0.411 e. The van der Waals surface area contributed by atoms with E-state index in [-0.39, 0.29) is 18.1 Å². The molecule has 3 aromatic rings. The van der Waals surface area contributed by atoms with Crippen molar-refractivity contribution in [2.75, 3.05) is 18.5 Å². The number of nitrogens with one attached hydrogen (secondary N) is 2. The molecular weight excluding hydrogens is 492 g/mol. The monoisotopic (exact) mass is 510 g/mol. The molecule has 0 atom stereocenters. The lowest BCUT2D eigenvalue weighted by Crippen LogP contribution is -2.26. The number of rotatable bonds is 7. The molecule has 0 heterocycles. The number of ether oxygens (including phenoxy) is 1. The summed E-state index contributed by atoms with van der Waals surface area (Å²) < 4.78 is 6.05. The SMILES string of the molecule is O=C(O)CONC(=O)c1cc(Br)cc(NC(=O)OCC2c3ccccc3-c3ccccc32)c1. The minimum Gasteiger partial charge on any atom is -0.479 e. The van der Waals surface area contributed by atoms with Gasteiger partial charge in [0.05, 0.1) is 0 Å². The molecule has 1 aliphatic rings. The van der Waals surface area contributed by atoms with Crippen LogP contribution in [0.15, 0.2) is 71.2 Å². The van der Waals surface area contributed by atoms with Gasteiger partial charge in [0, 0.05) is 21.6 Å². The average molecular weight is 511 g/mol. The topological polar surface area (TPSA) is 114 Å². The summed E-state index contributed by atoms with van der Waals surface area (Å²) in [5.74, 6) is -1.95. The maximum atomic E-state index is 12.5. The lowest BCUT2D eigenvalue weighted by Gasteiger charge is -2.15. The number of halogens is 1. The summed E-state index contributed by atoms with van der Waals surface area (Å²) in [5, 5.41) is 11.2. The predicted molar refractivity (Wildman–Crippen MR) is 124 cm³/mol. The first-order chi connectivity index (χ1) is 15.9. The molecule has 168 valence electrons. The van der Waals surface area contributed by atoms with Crippen LogP contribution in [0.1, 0.15) is 27.4 Å². The Balaban J connectivity index is 1.41. The van der Waals surface area contributed by atoms with Gasteiger partial charge >= 0.3 is 12.1 Å². The van der Waals surface area contributed by atoms with E-state index in [2.05, 4.69) is 38.2 Å². The van der Waals surface area contributed by atoms with Crippen molar-refractivity contribution in [3.8, 4) is 11.1 Å². The predicted octanol–water partition coefficient (Wildman–Crippen LogP) is 4.56.